The van der Waals surface area contributed by atoms with Crippen LogP contribution in [0.2, 0.25) is 0 Å². The van der Waals surface area contributed by atoms with E-state index in [0.717, 1.165) is 0 Å². The summed E-state index contributed by atoms with van der Waals surface area (Å²) < 4.78 is 0. The first kappa shape index (κ1) is 93.7. The van der Waals surface area contributed by atoms with Crippen molar-refractivity contribution in [3.8, 4) is 0 Å². The number of aromatic nitrogens is 3. The van der Waals surface area contributed by atoms with Gasteiger partial charge in [-0.05, 0) is 81.2 Å². The number of rotatable bonds is 43. The highest BCUT2D eigenvalue weighted by molar-refractivity contribution is 7.98. The van der Waals surface area contributed by atoms with Crippen molar-refractivity contribution < 1.29 is 82.4 Å². The zero-order valence-corrected chi connectivity index (χ0v) is 68.1. The number of hydrogen-bond acceptors (Lipinski definition) is 22. The highest BCUT2D eigenvalue weighted by atomic mass is 32.2. The quantitative estimate of drug-likeness (QED) is 0.0208. The SMILES string of the molecule is CSCN(CC(CC(C)C)NC(=O)[C@H](Cc1cnc[nH]1)NC(=O)CNC(=O)[C@@H](NC(=O)[C@H](C)NC(=O)[C@](C)(Cc1c[nH]c2ccccc12)NC(=O)[C@H](CCC(N)=O)NC(=O)[C@@H](Cc1ccccc1)NC(=O)CN1CCC(NC(=O)CN2CCN(CC(=O)O)CCN(CC(=O)O)CCN(CC(=O)O)CC2)CC1)C(C)(C)C)[C@@H](C)C(N)=O. The van der Waals surface area contributed by atoms with Crippen LogP contribution in [0.15, 0.2) is 73.3 Å². The zero-order chi connectivity index (χ0) is 84.7. The molecule has 37 nitrogen and oxygen atoms in total. The van der Waals surface area contributed by atoms with Crippen molar-refractivity contribution in [3.05, 3.63) is 90.1 Å². The molecule has 0 bridgehead atoms. The maximum Gasteiger partial charge on any atom is 0.317 e. The number of benzene rings is 2. The van der Waals surface area contributed by atoms with Crippen LogP contribution in [0.25, 0.3) is 10.9 Å². The minimum absolute atomic E-state index is 0.0135. The average molecular weight is 1630 g/mol. The summed E-state index contributed by atoms with van der Waals surface area (Å²) in [4.78, 5) is 210. The molecule has 115 heavy (non-hydrogen) atoms. The van der Waals surface area contributed by atoms with Gasteiger partial charge in [-0.2, -0.15) is 0 Å². The van der Waals surface area contributed by atoms with E-state index in [4.69, 9.17) is 11.5 Å². The summed E-state index contributed by atoms with van der Waals surface area (Å²) in [5, 5.41) is 54.8. The molecule has 2 saturated heterocycles. The normalized spacial score (nSPS) is 17.1. The first-order valence-electron chi connectivity index (χ1n) is 38.7. The van der Waals surface area contributed by atoms with Crippen molar-refractivity contribution in [3.63, 3.8) is 0 Å². The van der Waals surface area contributed by atoms with Crippen LogP contribution in [0.5, 0.6) is 0 Å². The number of hydrogen-bond donors (Lipinski definition) is 16. The first-order valence-corrected chi connectivity index (χ1v) is 40.1. The Labute approximate surface area is 674 Å². The van der Waals surface area contributed by atoms with Crippen molar-refractivity contribution in [2.45, 2.75) is 161 Å². The number of para-hydroxylation sites is 1. The largest absolute Gasteiger partial charge is 0.480 e. The molecular weight excluding hydrogens is 1510 g/mol. The topological polar surface area (TPSA) is 524 Å². The van der Waals surface area contributed by atoms with Crippen LogP contribution in [0, 0.1) is 11.3 Å². The summed E-state index contributed by atoms with van der Waals surface area (Å²) in [6.07, 6.45) is 6.77. The Kier molecular flexibility index (Phi) is 37.4. The monoisotopic (exact) mass is 1630 g/mol. The van der Waals surface area contributed by atoms with Gasteiger partial charge in [0.2, 0.25) is 65.0 Å². The summed E-state index contributed by atoms with van der Waals surface area (Å²) in [7, 11) is 0. The molecule has 2 aromatic heterocycles. The Morgan fingerprint density at radius 3 is 1.68 bits per heavy atom. The Morgan fingerprint density at radius 2 is 1.14 bits per heavy atom. The molecule has 4 aromatic rings. The second-order valence-corrected chi connectivity index (χ2v) is 32.2. The van der Waals surface area contributed by atoms with Crippen LogP contribution < -0.4 is 59.3 Å². The van der Waals surface area contributed by atoms with Crippen LogP contribution in [-0.4, -0.2) is 320 Å². The number of carbonyl (C=O) groups excluding carboxylic acids is 11. The van der Waals surface area contributed by atoms with Crippen molar-refractivity contribution in [1.29, 1.82) is 0 Å². The summed E-state index contributed by atoms with van der Waals surface area (Å²) >= 11 is 1.49. The number of fused-ring (bicyclic) bond motifs is 1. The number of carbonyl (C=O) groups is 14. The van der Waals surface area contributed by atoms with Crippen molar-refractivity contribution in [2.75, 3.05) is 123 Å². The fourth-order valence-corrected chi connectivity index (χ4v) is 14.4. The molecule has 38 heteroatoms. The molecule has 0 radical (unpaired) electrons. The van der Waals surface area contributed by atoms with E-state index >= 15 is 9.59 Å². The summed E-state index contributed by atoms with van der Waals surface area (Å²) in [6, 6.07) is 7.72. The molecule has 4 heterocycles. The van der Waals surface area contributed by atoms with Crippen LogP contribution in [0.4, 0.5) is 0 Å². The number of carboxylic acids is 3. The Hall–Kier alpha value is -10.1. The number of amides is 11. The number of aliphatic carboxylic acids is 3. The molecule has 18 N–H and O–H groups in total. The predicted molar refractivity (Wildman–Crippen MR) is 429 cm³/mol. The van der Waals surface area contributed by atoms with Gasteiger partial charge >= 0.3 is 17.9 Å². The third kappa shape index (κ3) is 32.6. The van der Waals surface area contributed by atoms with Gasteiger partial charge in [-0.25, -0.2) is 4.98 Å². The zero-order valence-electron chi connectivity index (χ0n) is 67.3. The third-order valence-corrected chi connectivity index (χ3v) is 20.7. The second-order valence-electron chi connectivity index (χ2n) is 31.4. The lowest BCUT2D eigenvalue weighted by molar-refractivity contribution is -0.140. The molecule has 8 atom stereocenters. The molecule has 2 aromatic carbocycles. The molecule has 6 rings (SSSR count). The minimum atomic E-state index is -1.96. The van der Waals surface area contributed by atoms with Crippen LogP contribution in [-0.2, 0) is 86.4 Å². The van der Waals surface area contributed by atoms with E-state index in [1.54, 1.807) is 103 Å². The summed E-state index contributed by atoms with van der Waals surface area (Å²) in [6.45, 7) is 14.4. The van der Waals surface area contributed by atoms with E-state index in [-0.39, 0.29) is 135 Å². The van der Waals surface area contributed by atoms with Crippen LogP contribution in [0.1, 0.15) is 104 Å². The molecule has 11 amide bonds. The summed E-state index contributed by atoms with van der Waals surface area (Å²) in [5.74, 6) is -10.5. The molecule has 0 aliphatic carbocycles. The number of piperidine rings is 1. The number of H-pyrrole nitrogens is 2. The maximum atomic E-state index is 15.1. The van der Waals surface area contributed by atoms with E-state index in [1.807, 2.05) is 34.8 Å². The molecule has 634 valence electrons. The van der Waals surface area contributed by atoms with Gasteiger partial charge in [-0.3, -0.25) is 96.5 Å². The van der Waals surface area contributed by atoms with Crippen LogP contribution in [0.3, 0.4) is 0 Å². The molecular formula is C77H118N20O17S. The number of imidazole rings is 1. The number of primary amides is 2. The Morgan fingerprint density at radius 1 is 0.600 bits per heavy atom. The van der Waals surface area contributed by atoms with Crippen molar-refractivity contribution in [2.24, 2.45) is 22.8 Å². The fourth-order valence-electron chi connectivity index (χ4n) is 13.7. The number of nitrogens with one attached hydrogen (secondary N) is 11. The number of carboxylic acid groups (broad SMARTS) is 3. The molecule has 0 spiro atoms. The first-order chi connectivity index (χ1) is 54.4. The highest BCUT2D eigenvalue weighted by Crippen LogP contribution is 2.25. The minimum Gasteiger partial charge on any atom is -0.480 e. The predicted octanol–water partition coefficient (Wildman–Crippen LogP) is -2.25. The number of thioether (sulfide) groups is 1. The van der Waals surface area contributed by atoms with Gasteiger partial charge in [0.25, 0.3) is 0 Å². The number of nitrogens with zero attached hydrogens (tertiary/aromatic N) is 7. The van der Waals surface area contributed by atoms with Gasteiger partial charge in [-0.1, -0.05) is 83.1 Å². The van der Waals surface area contributed by atoms with E-state index < -0.39 is 143 Å². The smallest absolute Gasteiger partial charge is 0.317 e. The average Bonchev–Trinajstić information content (AvgIpc) is 1.69. The lowest BCUT2D eigenvalue weighted by Crippen LogP contribution is -2.65. The van der Waals surface area contributed by atoms with Gasteiger partial charge < -0.3 is 84.6 Å². The van der Waals surface area contributed by atoms with E-state index in [1.165, 1.54) is 38.1 Å². The summed E-state index contributed by atoms with van der Waals surface area (Å²) in [5.41, 5.74) is 10.8. The maximum absolute atomic E-state index is 15.1. The fraction of sp³-hybridized carbons (Fsp3) is 0.597. The molecule has 1 unspecified atom stereocenters. The van der Waals surface area contributed by atoms with Gasteiger partial charge in [0.15, 0.2) is 0 Å². The van der Waals surface area contributed by atoms with E-state index in [0.29, 0.717) is 66.0 Å². The lowest BCUT2D eigenvalue weighted by Gasteiger charge is -2.34. The standard InChI is InChI=1S/C77H118N20O17S/c1-48(2)33-55(40-97(47-115-9)50(4)69(79)108)86-71(110)60(35-54-38-80-46-83-54)87-62(99)39-82-74(113)68(76(5,6)7)90-70(109)49(3)84-75(114)77(8,36-52-37-81-57-18-14-13-17-56(52)57)91-73(112)58(19-20-61(78)98)89-72(111)59(34-51-15-11-10-12-16-51)88-64(101)42-92-23-21-53(22-24-92)85-63(100)41-93-25-27-94(43-65(102)103)29-31-96(45-67(106)107)32-30-95(28-26-93)44-66(104)105/h10-18,37-38,46,48-50,53,55,58-60,68,81H,19-36,39-45,47H2,1-9H3,(H2,78,98)(H2,79,108)(H,80,83)(H,82,113)(H,84,114)(H,85,100)(H,86,110)(H,87,99)(H,88,101)(H,89,111)(H,90,109)(H,91,112)(H,102,103)(H,104,105)(H,106,107)/t49-,50-,55?,58-,59+,60-,68+,77-/m0/s1. The highest BCUT2D eigenvalue weighted by Gasteiger charge is 2.42. The molecule has 2 aliphatic heterocycles. The third-order valence-electron chi connectivity index (χ3n) is 20.1. The van der Waals surface area contributed by atoms with Crippen molar-refractivity contribution >= 4 is 106 Å². The van der Waals surface area contributed by atoms with Crippen LogP contribution >= 0.6 is 11.8 Å². The number of aromatic amines is 2. The molecule has 0 saturated carbocycles. The van der Waals surface area contributed by atoms with E-state index in [2.05, 4.69) is 62.8 Å². The van der Waals surface area contributed by atoms with Gasteiger partial charge in [0.05, 0.1) is 51.6 Å². The Bertz CT molecular complexity index is 3900. The molecule has 2 aliphatic rings. The van der Waals surface area contributed by atoms with Gasteiger partial charge in [-0.15, -0.1) is 11.8 Å². The number of nitrogens with two attached hydrogens (primary N) is 2. The Balaban J connectivity index is 1.12. The van der Waals surface area contributed by atoms with Gasteiger partial charge in [0.1, 0.15) is 35.7 Å². The van der Waals surface area contributed by atoms with E-state index in [9.17, 15) is 72.9 Å². The van der Waals surface area contributed by atoms with Crippen molar-refractivity contribution in [1.82, 2.24) is 92.2 Å². The lowest BCUT2D eigenvalue weighted by atomic mass is 9.86. The molecule has 2 fully saturated rings. The second kappa shape index (κ2) is 45.8. The number of likely N-dealkylation sites (tertiary alicyclic amines) is 1. The van der Waals surface area contributed by atoms with Gasteiger partial charge in [0, 0.05) is 145 Å².